The van der Waals surface area contributed by atoms with Gasteiger partial charge in [-0.05, 0) is 52.6 Å². The third kappa shape index (κ3) is 3.96. The third-order valence-electron chi connectivity index (χ3n) is 6.50. The van der Waals surface area contributed by atoms with Gasteiger partial charge in [0, 0.05) is 17.2 Å². The van der Waals surface area contributed by atoms with Crippen LogP contribution in [-0.2, 0) is 6.54 Å². The number of carbonyl (C=O) groups excluding carboxylic acids is 1. The van der Waals surface area contributed by atoms with Crippen LogP contribution in [0.5, 0.6) is 0 Å². The summed E-state index contributed by atoms with van der Waals surface area (Å²) in [5.41, 5.74) is 7.67. The number of rotatable bonds is 3. The molecule has 0 aromatic heterocycles. The fourth-order valence-corrected chi connectivity index (χ4v) is 4.75. The smallest absolute Gasteiger partial charge is 0.258 e. The van der Waals surface area contributed by atoms with E-state index in [0.717, 1.165) is 16.9 Å². The number of quaternary nitrogens is 1. The van der Waals surface area contributed by atoms with Gasteiger partial charge in [-0.3, -0.25) is 9.28 Å². The number of fused-ring (bicyclic) bond motifs is 2. The van der Waals surface area contributed by atoms with Gasteiger partial charge in [0.2, 0.25) is 0 Å². The highest BCUT2D eigenvalue weighted by atomic mass is 16.2. The van der Waals surface area contributed by atoms with Crippen molar-refractivity contribution in [3.05, 3.63) is 131 Å². The maximum absolute atomic E-state index is 13.9. The molecule has 0 fully saturated rings. The summed E-state index contributed by atoms with van der Waals surface area (Å²) in [4.78, 5) is 15.8. The van der Waals surface area contributed by atoms with Crippen molar-refractivity contribution >= 4 is 17.3 Å². The van der Waals surface area contributed by atoms with E-state index in [1.54, 1.807) is 0 Å². The van der Waals surface area contributed by atoms with Crippen molar-refractivity contribution in [2.75, 3.05) is 26.0 Å². The number of amides is 1. The minimum absolute atomic E-state index is 0.0268. The van der Waals surface area contributed by atoms with E-state index in [2.05, 4.69) is 100 Å². The van der Waals surface area contributed by atoms with Crippen molar-refractivity contribution in [2.45, 2.75) is 12.5 Å². The Hall–Kier alpha value is -3.69. The largest absolute Gasteiger partial charge is 0.304 e. The second kappa shape index (κ2) is 8.34. The standard InChI is InChI=1S/C30H29N2O/c1-32(2,3)25-19-17-23(18-20-25)30(33)31-21-24-13-7-8-14-26(24)29(22-11-5-4-6-12-22)27-15-9-10-16-28(27)31/h4-20,29H,21H2,1-3H3/q+1. The van der Waals surface area contributed by atoms with Gasteiger partial charge >= 0.3 is 0 Å². The SMILES string of the molecule is C[N+](C)(C)c1ccc(C(=O)N2Cc3ccccc3C(c3ccccc3)c3ccccc32)cc1. The minimum Gasteiger partial charge on any atom is -0.304 e. The van der Waals surface area contributed by atoms with E-state index in [-0.39, 0.29) is 11.8 Å². The number of hydrogen-bond acceptors (Lipinski definition) is 1. The van der Waals surface area contributed by atoms with Crippen LogP contribution in [0.3, 0.4) is 0 Å². The highest BCUT2D eigenvalue weighted by molar-refractivity contribution is 6.07. The third-order valence-corrected chi connectivity index (χ3v) is 6.50. The maximum Gasteiger partial charge on any atom is 0.258 e. The highest BCUT2D eigenvalue weighted by Crippen LogP contribution is 2.42. The van der Waals surface area contributed by atoms with E-state index in [1.165, 1.54) is 16.7 Å². The fraction of sp³-hybridized carbons (Fsp3) is 0.167. The normalized spacial score (nSPS) is 15.4. The van der Waals surface area contributed by atoms with Gasteiger partial charge in [0.15, 0.2) is 0 Å². The van der Waals surface area contributed by atoms with Crippen LogP contribution in [0.4, 0.5) is 11.4 Å². The fourth-order valence-electron chi connectivity index (χ4n) is 4.75. The first-order chi connectivity index (χ1) is 15.9. The molecule has 0 bridgehead atoms. The average molecular weight is 434 g/mol. The lowest BCUT2D eigenvalue weighted by molar-refractivity contribution is 0.0985. The molecular formula is C30H29N2O+. The molecule has 0 saturated heterocycles. The van der Waals surface area contributed by atoms with Crippen molar-refractivity contribution in [1.82, 2.24) is 4.48 Å². The zero-order chi connectivity index (χ0) is 23.0. The quantitative estimate of drug-likeness (QED) is 0.351. The summed E-state index contributed by atoms with van der Waals surface area (Å²) in [6.07, 6.45) is 0. The van der Waals surface area contributed by atoms with Crippen LogP contribution in [0.2, 0.25) is 0 Å². The topological polar surface area (TPSA) is 20.3 Å². The van der Waals surface area contributed by atoms with Crippen molar-refractivity contribution in [3.63, 3.8) is 0 Å². The molecule has 4 aromatic carbocycles. The van der Waals surface area contributed by atoms with E-state index < -0.39 is 0 Å². The number of anilines is 1. The number of para-hydroxylation sites is 1. The molecule has 1 heterocycles. The number of nitrogens with zero attached hydrogens (tertiary/aromatic N) is 2. The molecule has 1 aliphatic heterocycles. The molecule has 0 radical (unpaired) electrons. The number of hydrogen-bond donors (Lipinski definition) is 0. The molecule has 0 saturated carbocycles. The van der Waals surface area contributed by atoms with Gasteiger partial charge in [-0.25, -0.2) is 0 Å². The van der Waals surface area contributed by atoms with E-state index in [1.807, 2.05) is 29.2 Å². The summed E-state index contributed by atoms with van der Waals surface area (Å²) < 4.78 is 0.715. The maximum atomic E-state index is 13.9. The second-order valence-electron chi connectivity index (χ2n) is 9.55. The zero-order valence-electron chi connectivity index (χ0n) is 19.4. The van der Waals surface area contributed by atoms with Crippen LogP contribution in [0.25, 0.3) is 0 Å². The van der Waals surface area contributed by atoms with Gasteiger partial charge in [-0.15, -0.1) is 0 Å². The second-order valence-corrected chi connectivity index (χ2v) is 9.55. The van der Waals surface area contributed by atoms with Gasteiger partial charge in [-0.1, -0.05) is 72.8 Å². The summed E-state index contributed by atoms with van der Waals surface area (Å²) in [7, 11) is 6.38. The van der Waals surface area contributed by atoms with Crippen molar-refractivity contribution < 1.29 is 4.79 Å². The molecule has 5 rings (SSSR count). The lowest BCUT2D eigenvalue weighted by Gasteiger charge is -2.26. The van der Waals surface area contributed by atoms with Crippen molar-refractivity contribution in [1.29, 1.82) is 0 Å². The van der Waals surface area contributed by atoms with E-state index >= 15 is 0 Å². The molecule has 0 aliphatic carbocycles. The lowest BCUT2D eigenvalue weighted by atomic mass is 9.83. The van der Waals surface area contributed by atoms with Gasteiger partial charge in [0.1, 0.15) is 5.69 Å². The van der Waals surface area contributed by atoms with Crippen LogP contribution in [0.1, 0.15) is 38.5 Å². The average Bonchev–Trinajstić information content (AvgIpc) is 2.98. The summed E-state index contributed by atoms with van der Waals surface area (Å²) in [6.45, 7) is 0.548. The molecule has 1 atom stereocenters. The van der Waals surface area contributed by atoms with Gasteiger partial charge in [0.25, 0.3) is 5.91 Å². The molecule has 33 heavy (non-hydrogen) atoms. The first kappa shape index (κ1) is 21.2. The molecule has 1 amide bonds. The van der Waals surface area contributed by atoms with Crippen LogP contribution in [0.15, 0.2) is 103 Å². The first-order valence-electron chi connectivity index (χ1n) is 11.4. The predicted octanol–water partition coefficient (Wildman–Crippen LogP) is 6.22. The summed E-state index contributed by atoms with van der Waals surface area (Å²) in [6, 6.07) is 35.4. The Balaban J connectivity index is 1.64. The number of carbonyl (C=O) groups is 1. The Labute approximate surface area is 196 Å². The Morgan fingerprint density at radius 3 is 2.03 bits per heavy atom. The Morgan fingerprint density at radius 1 is 0.727 bits per heavy atom. The molecule has 0 spiro atoms. The first-order valence-corrected chi connectivity index (χ1v) is 11.4. The monoisotopic (exact) mass is 433 g/mol. The summed E-state index contributed by atoms with van der Waals surface area (Å²) >= 11 is 0. The molecule has 3 heteroatoms. The molecule has 164 valence electrons. The Bertz CT molecular complexity index is 1290. The molecule has 1 unspecified atom stereocenters. The zero-order valence-corrected chi connectivity index (χ0v) is 19.4. The van der Waals surface area contributed by atoms with E-state index in [9.17, 15) is 4.79 Å². The highest BCUT2D eigenvalue weighted by Gasteiger charge is 2.31. The van der Waals surface area contributed by atoms with Crippen LogP contribution in [-0.4, -0.2) is 27.1 Å². The predicted molar refractivity (Wildman–Crippen MR) is 137 cm³/mol. The molecule has 0 N–H and O–H groups in total. The molecule has 3 nitrogen and oxygen atoms in total. The van der Waals surface area contributed by atoms with Crippen LogP contribution in [0, 0.1) is 0 Å². The Kier molecular flexibility index (Phi) is 5.35. The molecular weight excluding hydrogens is 404 g/mol. The van der Waals surface area contributed by atoms with E-state index in [4.69, 9.17) is 0 Å². The van der Waals surface area contributed by atoms with Gasteiger partial charge < -0.3 is 4.90 Å². The molecule has 4 aromatic rings. The van der Waals surface area contributed by atoms with Gasteiger partial charge in [-0.2, -0.15) is 0 Å². The van der Waals surface area contributed by atoms with Crippen LogP contribution < -0.4 is 9.38 Å². The Morgan fingerprint density at radius 2 is 1.33 bits per heavy atom. The van der Waals surface area contributed by atoms with Crippen molar-refractivity contribution in [3.8, 4) is 0 Å². The summed E-state index contributed by atoms with van der Waals surface area (Å²) in [5.74, 6) is 0.107. The van der Waals surface area contributed by atoms with E-state index in [0.29, 0.717) is 16.6 Å². The minimum atomic E-state index is 0.0268. The lowest BCUT2D eigenvalue weighted by Crippen LogP contribution is -2.35. The summed E-state index contributed by atoms with van der Waals surface area (Å²) in [5, 5.41) is 0. The number of benzene rings is 4. The van der Waals surface area contributed by atoms with Crippen LogP contribution >= 0.6 is 0 Å². The molecule has 1 aliphatic rings. The van der Waals surface area contributed by atoms with Gasteiger partial charge in [0.05, 0.1) is 27.7 Å². The van der Waals surface area contributed by atoms with Crippen molar-refractivity contribution in [2.24, 2.45) is 0 Å².